The van der Waals surface area contributed by atoms with Crippen LogP contribution in [0.1, 0.15) is 24.2 Å². The van der Waals surface area contributed by atoms with Crippen molar-refractivity contribution in [3.8, 4) is 5.75 Å². The third-order valence-electron chi connectivity index (χ3n) is 3.19. The lowest BCUT2D eigenvalue weighted by Crippen LogP contribution is -2.04. The molecule has 0 bridgehead atoms. The van der Waals surface area contributed by atoms with Crippen LogP contribution in [0.5, 0.6) is 5.75 Å². The van der Waals surface area contributed by atoms with Gasteiger partial charge in [0, 0.05) is 5.39 Å². The Kier molecular flexibility index (Phi) is 1.83. The maximum absolute atomic E-state index is 10.1. The monoisotopic (exact) mass is 218 g/mol. The molecule has 16 heavy (non-hydrogen) atoms. The van der Waals surface area contributed by atoms with Crippen molar-refractivity contribution in [1.29, 1.82) is 0 Å². The van der Waals surface area contributed by atoms with Gasteiger partial charge in [0.1, 0.15) is 5.76 Å². The van der Waals surface area contributed by atoms with Crippen molar-refractivity contribution in [1.82, 2.24) is 0 Å². The van der Waals surface area contributed by atoms with E-state index in [0.717, 1.165) is 35.1 Å². The van der Waals surface area contributed by atoms with Gasteiger partial charge >= 0.3 is 0 Å². The van der Waals surface area contributed by atoms with Gasteiger partial charge in [-0.1, -0.05) is 0 Å². The molecule has 3 nitrogen and oxygen atoms in total. The summed E-state index contributed by atoms with van der Waals surface area (Å²) < 4.78 is 10.9. The number of benzene rings is 1. The summed E-state index contributed by atoms with van der Waals surface area (Å²) in [7, 11) is 1.62. The lowest BCUT2D eigenvalue weighted by atomic mass is 10.1. The number of hydrogen-bond donors (Lipinski definition) is 1. The van der Waals surface area contributed by atoms with Gasteiger partial charge in [0.2, 0.25) is 0 Å². The lowest BCUT2D eigenvalue weighted by Gasteiger charge is -2.10. The number of aryl methyl sites for hydroxylation is 1. The van der Waals surface area contributed by atoms with Crippen molar-refractivity contribution < 1.29 is 14.3 Å². The molecule has 1 N–H and O–H groups in total. The van der Waals surface area contributed by atoms with E-state index in [1.54, 1.807) is 7.11 Å². The van der Waals surface area contributed by atoms with Crippen LogP contribution in [0.4, 0.5) is 0 Å². The Bertz CT molecular complexity index is 550. The number of furan rings is 1. The highest BCUT2D eigenvalue weighted by Gasteiger charge is 2.42. The molecule has 3 heteroatoms. The predicted molar refractivity (Wildman–Crippen MR) is 60.6 cm³/mol. The first-order valence-corrected chi connectivity index (χ1v) is 5.43. The molecule has 1 heterocycles. The van der Waals surface area contributed by atoms with Gasteiger partial charge in [-0.25, -0.2) is 0 Å². The number of fused-ring (bicyclic) bond motifs is 1. The number of aliphatic hydroxyl groups is 1. The zero-order valence-electron chi connectivity index (χ0n) is 9.41. The SMILES string of the molecule is COc1cc(C2(O)CC2)cc2cc(C)oc12. The molecule has 84 valence electrons. The van der Waals surface area contributed by atoms with Gasteiger partial charge in [0.05, 0.1) is 12.7 Å². The Labute approximate surface area is 93.6 Å². The summed E-state index contributed by atoms with van der Waals surface area (Å²) in [5, 5.41) is 11.1. The van der Waals surface area contributed by atoms with Gasteiger partial charge in [-0.2, -0.15) is 0 Å². The smallest absolute Gasteiger partial charge is 0.176 e. The van der Waals surface area contributed by atoms with Crippen molar-refractivity contribution in [3.05, 3.63) is 29.5 Å². The van der Waals surface area contributed by atoms with Crippen LogP contribution < -0.4 is 4.74 Å². The van der Waals surface area contributed by atoms with E-state index in [9.17, 15) is 5.11 Å². The Morgan fingerprint density at radius 3 is 2.69 bits per heavy atom. The third kappa shape index (κ3) is 1.32. The first-order chi connectivity index (χ1) is 7.62. The summed E-state index contributed by atoms with van der Waals surface area (Å²) in [4.78, 5) is 0. The highest BCUT2D eigenvalue weighted by Crippen LogP contribution is 2.47. The minimum absolute atomic E-state index is 0.632. The Balaban J connectivity index is 2.25. The summed E-state index contributed by atoms with van der Waals surface area (Å²) in [5.41, 5.74) is 1.05. The summed E-state index contributed by atoms with van der Waals surface area (Å²) in [5.74, 6) is 1.55. The molecular formula is C13H14O3. The molecule has 3 rings (SSSR count). The molecule has 1 aromatic carbocycles. The van der Waals surface area contributed by atoms with E-state index >= 15 is 0 Å². The molecule has 0 radical (unpaired) electrons. The van der Waals surface area contributed by atoms with Gasteiger partial charge in [0.25, 0.3) is 0 Å². The van der Waals surface area contributed by atoms with Gasteiger partial charge in [0.15, 0.2) is 11.3 Å². The van der Waals surface area contributed by atoms with Crippen LogP contribution in [0.2, 0.25) is 0 Å². The fourth-order valence-corrected chi connectivity index (χ4v) is 2.08. The number of rotatable bonds is 2. The van der Waals surface area contributed by atoms with Crippen molar-refractivity contribution in [2.45, 2.75) is 25.4 Å². The van der Waals surface area contributed by atoms with Crippen LogP contribution in [0.25, 0.3) is 11.0 Å². The van der Waals surface area contributed by atoms with Crippen LogP contribution in [-0.4, -0.2) is 12.2 Å². The third-order valence-corrected chi connectivity index (χ3v) is 3.19. The first-order valence-electron chi connectivity index (χ1n) is 5.43. The van der Waals surface area contributed by atoms with Crippen LogP contribution in [-0.2, 0) is 5.60 Å². The minimum atomic E-state index is -0.632. The van der Waals surface area contributed by atoms with Crippen LogP contribution in [0.3, 0.4) is 0 Å². The quantitative estimate of drug-likeness (QED) is 0.842. The van der Waals surface area contributed by atoms with Crippen molar-refractivity contribution in [3.63, 3.8) is 0 Å². The maximum Gasteiger partial charge on any atom is 0.176 e. The molecule has 1 aliphatic carbocycles. The Morgan fingerprint density at radius 1 is 1.31 bits per heavy atom. The molecule has 0 amide bonds. The molecule has 1 aromatic heterocycles. The molecule has 0 atom stereocenters. The van der Waals surface area contributed by atoms with E-state index in [4.69, 9.17) is 9.15 Å². The van der Waals surface area contributed by atoms with Gasteiger partial charge in [-0.3, -0.25) is 0 Å². The van der Waals surface area contributed by atoms with Crippen molar-refractivity contribution >= 4 is 11.0 Å². The predicted octanol–water partition coefficient (Wildman–Crippen LogP) is 2.73. The molecule has 1 aliphatic rings. The highest BCUT2D eigenvalue weighted by molar-refractivity contribution is 5.85. The number of ether oxygens (including phenoxy) is 1. The molecular weight excluding hydrogens is 204 g/mol. The molecule has 0 spiro atoms. The summed E-state index contributed by atoms with van der Waals surface area (Å²) in [6.45, 7) is 1.91. The van der Waals surface area contributed by atoms with E-state index in [-0.39, 0.29) is 0 Å². The van der Waals surface area contributed by atoms with Gasteiger partial charge in [-0.15, -0.1) is 0 Å². The second-order valence-corrected chi connectivity index (χ2v) is 4.49. The molecule has 0 saturated heterocycles. The largest absolute Gasteiger partial charge is 0.493 e. The van der Waals surface area contributed by atoms with Crippen LogP contribution in [0, 0.1) is 6.92 Å². The van der Waals surface area contributed by atoms with Gasteiger partial charge in [-0.05, 0) is 43.5 Å². The average molecular weight is 218 g/mol. The normalized spacial score (nSPS) is 17.7. The average Bonchev–Trinajstić information content (AvgIpc) is 2.89. The van der Waals surface area contributed by atoms with Gasteiger partial charge < -0.3 is 14.3 Å². The highest BCUT2D eigenvalue weighted by atomic mass is 16.5. The Hall–Kier alpha value is -1.48. The fraction of sp³-hybridized carbons (Fsp3) is 0.385. The van der Waals surface area contributed by atoms with Crippen LogP contribution >= 0.6 is 0 Å². The van der Waals surface area contributed by atoms with Crippen LogP contribution in [0.15, 0.2) is 22.6 Å². The number of methoxy groups -OCH3 is 1. The topological polar surface area (TPSA) is 42.6 Å². The van der Waals surface area contributed by atoms with Crippen molar-refractivity contribution in [2.24, 2.45) is 0 Å². The van der Waals surface area contributed by atoms with E-state index in [2.05, 4.69) is 0 Å². The molecule has 0 unspecified atom stereocenters. The molecule has 1 fully saturated rings. The van der Waals surface area contributed by atoms with Crippen molar-refractivity contribution in [2.75, 3.05) is 7.11 Å². The second-order valence-electron chi connectivity index (χ2n) is 4.49. The lowest BCUT2D eigenvalue weighted by molar-refractivity contribution is 0.151. The summed E-state index contributed by atoms with van der Waals surface area (Å²) in [6, 6.07) is 5.83. The molecule has 0 aliphatic heterocycles. The first kappa shape index (κ1) is 9.73. The van der Waals surface area contributed by atoms with E-state index < -0.39 is 5.60 Å². The zero-order valence-corrected chi connectivity index (χ0v) is 9.41. The zero-order chi connectivity index (χ0) is 11.3. The summed E-state index contributed by atoms with van der Waals surface area (Å²) >= 11 is 0. The fourth-order valence-electron chi connectivity index (χ4n) is 2.08. The second kappa shape index (κ2) is 3.01. The standard InChI is InChI=1S/C13H14O3/c1-8-5-9-6-10(13(14)3-4-13)7-11(15-2)12(9)16-8/h5-7,14H,3-4H2,1-2H3. The Morgan fingerprint density at radius 2 is 2.06 bits per heavy atom. The minimum Gasteiger partial charge on any atom is -0.493 e. The van der Waals surface area contributed by atoms with E-state index in [1.165, 1.54) is 0 Å². The van der Waals surface area contributed by atoms with E-state index in [1.807, 2.05) is 25.1 Å². The van der Waals surface area contributed by atoms with E-state index in [0.29, 0.717) is 5.75 Å². The molecule has 1 saturated carbocycles. The maximum atomic E-state index is 10.1. The number of hydrogen-bond acceptors (Lipinski definition) is 3. The summed E-state index contributed by atoms with van der Waals surface area (Å²) in [6.07, 6.45) is 1.66. The molecule has 2 aromatic rings.